The molecular weight excluding hydrogens is 372 g/mol. The molecule has 3 atom stereocenters. The van der Waals surface area contributed by atoms with Crippen LogP contribution in [0.4, 0.5) is 0 Å². The van der Waals surface area contributed by atoms with Gasteiger partial charge in [0.05, 0.1) is 0 Å². The molecule has 158 valence electrons. The van der Waals surface area contributed by atoms with Gasteiger partial charge in [-0.2, -0.15) is 0 Å². The lowest BCUT2D eigenvalue weighted by Crippen LogP contribution is -2.53. The van der Waals surface area contributed by atoms with Crippen LogP contribution in [0.15, 0.2) is 0 Å². The monoisotopic (exact) mass is 408 g/mol. The molecule has 5 heteroatoms. The number of carbonyl (C=O) groups is 2. The van der Waals surface area contributed by atoms with E-state index in [0.717, 1.165) is 69.4 Å². The molecule has 3 unspecified atom stereocenters. The minimum atomic E-state index is -0.0930. The van der Waals surface area contributed by atoms with Gasteiger partial charge in [-0.25, -0.2) is 0 Å². The molecule has 0 aromatic rings. The van der Waals surface area contributed by atoms with Gasteiger partial charge in [0.25, 0.3) is 0 Å². The molecule has 0 aromatic carbocycles. The predicted molar refractivity (Wildman–Crippen MR) is 112 cm³/mol. The van der Waals surface area contributed by atoms with Gasteiger partial charge < -0.3 is 9.80 Å². The summed E-state index contributed by atoms with van der Waals surface area (Å²) in [6.07, 6.45) is 10.2. The number of nitrogens with zero attached hydrogens (tertiary/aromatic N) is 2. The minimum absolute atomic E-state index is 0.0930. The molecule has 0 spiro atoms. The van der Waals surface area contributed by atoms with Crippen LogP contribution in [0.2, 0.25) is 0 Å². The maximum Gasteiger partial charge on any atom is 0.228 e. The molecule has 1 aliphatic heterocycles. The molecule has 3 aliphatic carbocycles. The van der Waals surface area contributed by atoms with Crippen molar-refractivity contribution in [2.45, 2.75) is 77.0 Å². The lowest BCUT2D eigenvalue weighted by atomic mass is 9.67. The predicted octanol–water partition coefficient (Wildman–Crippen LogP) is 4.31. The smallest absolute Gasteiger partial charge is 0.228 e. The second-order valence-corrected chi connectivity index (χ2v) is 11.0. The van der Waals surface area contributed by atoms with Crippen LogP contribution < -0.4 is 0 Å². The van der Waals surface area contributed by atoms with Crippen LogP contribution in [0.3, 0.4) is 0 Å². The van der Waals surface area contributed by atoms with Crippen molar-refractivity contribution in [1.29, 1.82) is 0 Å². The van der Waals surface area contributed by atoms with Crippen molar-refractivity contribution in [3.05, 3.63) is 0 Å². The van der Waals surface area contributed by atoms with Crippen LogP contribution in [-0.4, -0.2) is 53.2 Å². The third-order valence-electron chi connectivity index (χ3n) is 8.29. The Kier molecular flexibility index (Phi) is 5.98. The molecule has 0 N–H and O–H groups in total. The molecule has 28 heavy (non-hydrogen) atoms. The Bertz CT molecular complexity index is 589. The molecule has 1 saturated heterocycles. The van der Waals surface area contributed by atoms with E-state index >= 15 is 0 Å². The van der Waals surface area contributed by atoms with Gasteiger partial charge >= 0.3 is 0 Å². The van der Waals surface area contributed by atoms with Crippen LogP contribution >= 0.6 is 11.6 Å². The second-order valence-electron chi connectivity index (χ2n) is 10.3. The minimum Gasteiger partial charge on any atom is -0.339 e. The van der Waals surface area contributed by atoms with Gasteiger partial charge in [0.1, 0.15) is 0 Å². The first-order chi connectivity index (χ1) is 13.4. The summed E-state index contributed by atoms with van der Waals surface area (Å²) < 4.78 is 0. The fourth-order valence-electron chi connectivity index (χ4n) is 6.02. The Morgan fingerprint density at radius 2 is 1.50 bits per heavy atom. The van der Waals surface area contributed by atoms with E-state index in [9.17, 15) is 9.59 Å². The Morgan fingerprint density at radius 3 is 2.07 bits per heavy atom. The molecule has 0 aromatic heterocycles. The van der Waals surface area contributed by atoms with Gasteiger partial charge in [0.2, 0.25) is 11.8 Å². The number of alkyl halides is 1. The zero-order valence-electron chi connectivity index (χ0n) is 17.7. The Hall–Kier alpha value is -0.770. The lowest BCUT2D eigenvalue weighted by molar-refractivity contribution is -0.145. The summed E-state index contributed by atoms with van der Waals surface area (Å²) in [6.45, 7) is 7.32. The third kappa shape index (κ3) is 4.22. The zero-order chi connectivity index (χ0) is 19.9. The van der Waals surface area contributed by atoms with Gasteiger partial charge in [-0.15, -0.1) is 11.6 Å². The van der Waals surface area contributed by atoms with Crippen molar-refractivity contribution in [3.8, 4) is 0 Å². The summed E-state index contributed by atoms with van der Waals surface area (Å²) in [5, 5.41) is 0.372. The highest BCUT2D eigenvalue weighted by Gasteiger charge is 2.47. The van der Waals surface area contributed by atoms with Crippen molar-refractivity contribution in [2.24, 2.45) is 29.1 Å². The Morgan fingerprint density at radius 1 is 0.893 bits per heavy atom. The largest absolute Gasteiger partial charge is 0.339 e. The molecular formula is C23H37ClN2O2. The summed E-state index contributed by atoms with van der Waals surface area (Å²) in [7, 11) is 0. The maximum atomic E-state index is 13.0. The first kappa shape index (κ1) is 20.5. The van der Waals surface area contributed by atoms with Crippen LogP contribution in [0.25, 0.3) is 0 Å². The first-order valence-electron chi connectivity index (χ1n) is 11.6. The van der Waals surface area contributed by atoms with E-state index in [1.165, 1.54) is 19.3 Å². The van der Waals surface area contributed by atoms with Crippen molar-refractivity contribution >= 4 is 23.4 Å². The molecule has 4 rings (SSSR count). The van der Waals surface area contributed by atoms with E-state index in [2.05, 4.69) is 13.8 Å². The van der Waals surface area contributed by atoms with Crippen LogP contribution in [0, 0.1) is 29.1 Å². The molecule has 0 radical (unpaired) electrons. The van der Waals surface area contributed by atoms with Gasteiger partial charge in [-0.3, -0.25) is 9.59 Å². The summed E-state index contributed by atoms with van der Waals surface area (Å²) in [6, 6.07) is 0. The summed E-state index contributed by atoms with van der Waals surface area (Å²) in [4.78, 5) is 29.6. The van der Waals surface area contributed by atoms with E-state index in [1.807, 2.05) is 9.80 Å². The Balaban J connectivity index is 1.23. The molecule has 4 aliphatic rings. The fraction of sp³-hybridized carbons (Fsp3) is 0.913. The molecule has 0 bridgehead atoms. The van der Waals surface area contributed by atoms with Crippen LogP contribution in [0.1, 0.15) is 71.6 Å². The fourth-order valence-corrected chi connectivity index (χ4v) is 6.43. The quantitative estimate of drug-likeness (QED) is 0.653. The molecule has 4 fully saturated rings. The Labute approximate surface area is 175 Å². The van der Waals surface area contributed by atoms with E-state index in [0.29, 0.717) is 30.3 Å². The van der Waals surface area contributed by atoms with Crippen molar-refractivity contribution < 1.29 is 9.59 Å². The van der Waals surface area contributed by atoms with Gasteiger partial charge in [-0.05, 0) is 75.5 Å². The number of piperazine rings is 1. The topological polar surface area (TPSA) is 40.6 Å². The standard InChI is InChI=1S/C23H37ClN2O2/c1-16-15-19(24)7-8-20(16)17-3-5-18(6-4-17)21(27)25-11-13-26(14-12-25)22(28)23(2)9-10-23/h16-20H,3-15H2,1-2H3. The van der Waals surface area contributed by atoms with Crippen molar-refractivity contribution in [2.75, 3.05) is 26.2 Å². The third-order valence-corrected chi connectivity index (χ3v) is 8.69. The van der Waals surface area contributed by atoms with Crippen LogP contribution in [-0.2, 0) is 9.59 Å². The van der Waals surface area contributed by atoms with E-state index < -0.39 is 0 Å². The number of amides is 2. The van der Waals surface area contributed by atoms with E-state index in [4.69, 9.17) is 11.6 Å². The zero-order valence-corrected chi connectivity index (χ0v) is 18.4. The molecule has 2 amide bonds. The first-order valence-corrected chi connectivity index (χ1v) is 12.0. The second kappa shape index (κ2) is 8.16. The normalized spacial score (nSPS) is 38.2. The average Bonchev–Trinajstić information content (AvgIpc) is 3.46. The van der Waals surface area contributed by atoms with Gasteiger partial charge in [0.15, 0.2) is 0 Å². The van der Waals surface area contributed by atoms with Crippen molar-refractivity contribution in [1.82, 2.24) is 9.80 Å². The van der Waals surface area contributed by atoms with Crippen molar-refractivity contribution in [3.63, 3.8) is 0 Å². The summed E-state index contributed by atoms with van der Waals surface area (Å²) in [5.41, 5.74) is -0.0930. The molecule has 1 heterocycles. The highest BCUT2D eigenvalue weighted by atomic mass is 35.5. The SMILES string of the molecule is CC1CC(Cl)CCC1C1CCC(C(=O)N2CCN(C(=O)C3(C)CC3)CC2)CC1. The number of halogens is 1. The molecule has 4 nitrogen and oxygen atoms in total. The highest BCUT2D eigenvalue weighted by molar-refractivity contribution is 6.20. The molecule has 3 saturated carbocycles. The number of rotatable bonds is 3. The average molecular weight is 409 g/mol. The van der Waals surface area contributed by atoms with E-state index in [-0.39, 0.29) is 11.3 Å². The maximum absolute atomic E-state index is 13.0. The van der Waals surface area contributed by atoms with Gasteiger partial charge in [-0.1, -0.05) is 13.8 Å². The highest BCUT2D eigenvalue weighted by Crippen LogP contribution is 2.47. The lowest BCUT2D eigenvalue weighted by Gasteiger charge is -2.42. The van der Waals surface area contributed by atoms with E-state index in [1.54, 1.807) is 0 Å². The number of carbonyl (C=O) groups excluding carboxylic acids is 2. The number of hydrogen-bond donors (Lipinski definition) is 0. The number of hydrogen-bond acceptors (Lipinski definition) is 2. The van der Waals surface area contributed by atoms with Crippen LogP contribution in [0.5, 0.6) is 0 Å². The summed E-state index contributed by atoms with van der Waals surface area (Å²) in [5.74, 6) is 3.19. The summed E-state index contributed by atoms with van der Waals surface area (Å²) >= 11 is 6.35. The van der Waals surface area contributed by atoms with Gasteiger partial charge in [0, 0.05) is 42.9 Å².